The quantitative estimate of drug-likeness (QED) is 0.455. The molecule has 2 aliphatic rings. The van der Waals surface area contributed by atoms with Crippen molar-refractivity contribution in [1.29, 1.82) is 5.41 Å². The smallest absolute Gasteiger partial charge is 0.283 e. The van der Waals surface area contributed by atoms with Gasteiger partial charge in [0.25, 0.3) is 5.91 Å². The Morgan fingerprint density at radius 3 is 2.38 bits per heavy atom. The fraction of sp³-hybridized carbons (Fsp3) is 0.407. The van der Waals surface area contributed by atoms with Crippen LogP contribution in [0, 0.1) is 25.2 Å². The van der Waals surface area contributed by atoms with Crippen LogP contribution in [-0.2, 0) is 4.79 Å². The number of amides is 1. The number of hydrogen-bond acceptors (Lipinski definition) is 4. The largest absolute Gasteiger partial charge is 0.318 e. The van der Waals surface area contributed by atoms with Crippen molar-refractivity contribution < 1.29 is 4.79 Å². The molecule has 0 saturated heterocycles. The first kappa shape index (κ1) is 24.2. The van der Waals surface area contributed by atoms with Crippen LogP contribution in [0.3, 0.4) is 0 Å². The van der Waals surface area contributed by atoms with Gasteiger partial charge in [-0.05, 0) is 86.2 Å². The molecule has 3 heterocycles. The van der Waals surface area contributed by atoms with Crippen LogP contribution in [0.4, 0.5) is 0 Å². The molecule has 34 heavy (non-hydrogen) atoms. The molecule has 2 aromatic rings. The number of rotatable bonds is 7. The fourth-order valence-electron chi connectivity index (χ4n) is 4.48. The third kappa shape index (κ3) is 4.29. The molecular formula is C27H33N5OS. The highest BCUT2D eigenvalue weighted by atomic mass is 32.2. The molecule has 0 bridgehead atoms. The molecule has 1 aromatic heterocycles. The minimum atomic E-state index is -0.382. The molecule has 7 heteroatoms. The number of nitrogens with zero attached hydrogens (tertiary/aromatic N) is 4. The maximum Gasteiger partial charge on any atom is 0.283 e. The lowest BCUT2D eigenvalue weighted by molar-refractivity contribution is -0.114. The lowest BCUT2D eigenvalue weighted by atomic mass is 9.98. The Bertz CT molecular complexity index is 1210. The lowest BCUT2D eigenvalue weighted by Gasteiger charge is -2.20. The first-order valence-electron chi connectivity index (χ1n) is 12.1. The third-order valence-electron chi connectivity index (χ3n) is 6.91. The van der Waals surface area contributed by atoms with Gasteiger partial charge in [-0.1, -0.05) is 39.8 Å². The number of thioether (sulfide) groups is 1. The standard InChI is InChI=1S/C27H33N5OS/c1-7-16(4)20-10-12-22(13-11-20)31-17(5)14-21(18(31)6)15-23-24(28)32-27(29-25(23)33)34-26(30-32)19(8-2)9-3/h10-16,19,28H,7-9H2,1-6H3/b23-15+,28-24?/t16-/m0/s1. The molecule has 0 aliphatic carbocycles. The Kier molecular flexibility index (Phi) is 6.94. The van der Waals surface area contributed by atoms with Crippen molar-refractivity contribution in [3.05, 3.63) is 58.4 Å². The summed E-state index contributed by atoms with van der Waals surface area (Å²) in [4.78, 5) is 17.1. The van der Waals surface area contributed by atoms with E-state index in [9.17, 15) is 4.79 Å². The van der Waals surface area contributed by atoms with Gasteiger partial charge in [0.1, 0.15) is 5.04 Å². The number of fused-ring (bicyclic) bond motifs is 1. The van der Waals surface area contributed by atoms with Crippen LogP contribution in [0.5, 0.6) is 0 Å². The number of aliphatic imine (C=N–C) groups is 1. The summed E-state index contributed by atoms with van der Waals surface area (Å²) in [6.45, 7) is 12.8. The maximum absolute atomic E-state index is 12.9. The van der Waals surface area contributed by atoms with Crippen molar-refractivity contribution in [1.82, 2.24) is 9.58 Å². The van der Waals surface area contributed by atoms with Crippen molar-refractivity contribution in [2.75, 3.05) is 0 Å². The lowest BCUT2D eigenvalue weighted by Crippen LogP contribution is -2.35. The second-order valence-electron chi connectivity index (χ2n) is 9.03. The average Bonchev–Trinajstić information content (AvgIpc) is 3.37. The van der Waals surface area contributed by atoms with Gasteiger partial charge in [0.2, 0.25) is 5.17 Å². The van der Waals surface area contributed by atoms with Crippen molar-refractivity contribution in [2.45, 2.75) is 66.7 Å². The molecule has 1 atom stereocenters. The summed E-state index contributed by atoms with van der Waals surface area (Å²) in [5.74, 6) is 0.560. The second kappa shape index (κ2) is 9.74. The number of aromatic nitrogens is 1. The molecular weight excluding hydrogens is 442 g/mol. The fourth-order valence-corrected chi connectivity index (χ4v) is 5.64. The number of hydrazone groups is 1. The number of hydrogen-bond donors (Lipinski definition) is 1. The van der Waals surface area contributed by atoms with E-state index in [0.717, 1.165) is 46.9 Å². The van der Waals surface area contributed by atoms with E-state index in [4.69, 9.17) is 5.41 Å². The van der Waals surface area contributed by atoms with Crippen molar-refractivity contribution in [3.8, 4) is 5.69 Å². The van der Waals surface area contributed by atoms with Crippen LogP contribution in [0.15, 0.2) is 46.0 Å². The topological polar surface area (TPSA) is 73.8 Å². The molecule has 0 fully saturated rings. The molecule has 1 amide bonds. The van der Waals surface area contributed by atoms with Gasteiger partial charge in [-0.3, -0.25) is 10.2 Å². The summed E-state index contributed by atoms with van der Waals surface area (Å²) < 4.78 is 2.19. The Labute approximate surface area is 206 Å². The van der Waals surface area contributed by atoms with E-state index in [1.54, 1.807) is 6.08 Å². The summed E-state index contributed by atoms with van der Waals surface area (Å²) in [5.41, 5.74) is 5.70. The summed E-state index contributed by atoms with van der Waals surface area (Å²) >= 11 is 1.41. The molecule has 1 aromatic carbocycles. The predicted molar refractivity (Wildman–Crippen MR) is 143 cm³/mol. The van der Waals surface area contributed by atoms with Crippen LogP contribution in [0.1, 0.15) is 75.4 Å². The van der Waals surface area contributed by atoms with E-state index in [1.807, 2.05) is 6.92 Å². The van der Waals surface area contributed by atoms with Crippen molar-refractivity contribution in [2.24, 2.45) is 16.0 Å². The van der Waals surface area contributed by atoms with Crippen molar-refractivity contribution in [3.63, 3.8) is 0 Å². The van der Waals surface area contributed by atoms with E-state index in [-0.39, 0.29) is 17.3 Å². The Balaban J connectivity index is 1.67. The number of carbonyl (C=O) groups is 1. The van der Waals surface area contributed by atoms with Crippen LogP contribution < -0.4 is 0 Å². The van der Waals surface area contributed by atoms with Gasteiger partial charge in [0.15, 0.2) is 5.84 Å². The summed E-state index contributed by atoms with van der Waals surface area (Å²) in [7, 11) is 0. The summed E-state index contributed by atoms with van der Waals surface area (Å²) in [5, 5.41) is 16.3. The summed E-state index contributed by atoms with van der Waals surface area (Å²) in [6, 6.07) is 10.7. The van der Waals surface area contributed by atoms with E-state index in [2.05, 4.69) is 79.6 Å². The van der Waals surface area contributed by atoms with Gasteiger partial charge in [0.05, 0.1) is 5.57 Å². The van der Waals surface area contributed by atoms with Gasteiger partial charge in [0, 0.05) is 23.0 Å². The Morgan fingerprint density at radius 1 is 1.09 bits per heavy atom. The molecule has 2 aliphatic heterocycles. The number of amidine groups is 2. The molecule has 0 radical (unpaired) electrons. The van der Waals surface area contributed by atoms with E-state index in [0.29, 0.717) is 17.0 Å². The van der Waals surface area contributed by atoms with E-state index < -0.39 is 0 Å². The van der Waals surface area contributed by atoms with Crippen molar-refractivity contribution >= 4 is 39.8 Å². The molecule has 0 saturated carbocycles. The number of benzene rings is 1. The van der Waals surface area contributed by atoms with Crippen LogP contribution in [-0.4, -0.2) is 31.5 Å². The van der Waals surface area contributed by atoms with E-state index >= 15 is 0 Å². The predicted octanol–water partition coefficient (Wildman–Crippen LogP) is 6.66. The first-order chi connectivity index (χ1) is 16.3. The zero-order valence-corrected chi connectivity index (χ0v) is 21.7. The van der Waals surface area contributed by atoms with Crippen LogP contribution in [0.25, 0.3) is 11.8 Å². The van der Waals surface area contributed by atoms with Crippen LogP contribution >= 0.6 is 11.8 Å². The molecule has 0 unspecified atom stereocenters. The number of nitrogens with one attached hydrogen (secondary N) is 1. The normalized spacial score (nSPS) is 18.0. The highest BCUT2D eigenvalue weighted by Gasteiger charge is 2.37. The highest BCUT2D eigenvalue weighted by molar-refractivity contribution is 8.27. The summed E-state index contributed by atoms with van der Waals surface area (Å²) in [6.07, 6.45) is 4.84. The minimum Gasteiger partial charge on any atom is -0.318 e. The number of aryl methyl sites for hydroxylation is 1. The molecule has 0 spiro atoms. The zero-order valence-electron chi connectivity index (χ0n) is 20.8. The van der Waals surface area contributed by atoms with Gasteiger partial charge in [-0.15, -0.1) is 0 Å². The third-order valence-corrected chi connectivity index (χ3v) is 7.98. The van der Waals surface area contributed by atoms with Gasteiger partial charge in [-0.25, -0.2) is 0 Å². The van der Waals surface area contributed by atoms with Gasteiger partial charge < -0.3 is 4.57 Å². The highest BCUT2D eigenvalue weighted by Crippen LogP contribution is 2.33. The van der Waals surface area contributed by atoms with E-state index in [1.165, 1.54) is 22.3 Å². The molecule has 1 N–H and O–H groups in total. The maximum atomic E-state index is 12.9. The minimum absolute atomic E-state index is 0.0890. The second-order valence-corrected chi connectivity index (χ2v) is 10.0. The zero-order chi connectivity index (χ0) is 24.6. The first-order valence-corrected chi connectivity index (χ1v) is 12.9. The van der Waals surface area contributed by atoms with Gasteiger partial charge in [-0.2, -0.15) is 15.1 Å². The van der Waals surface area contributed by atoms with Crippen LogP contribution in [0.2, 0.25) is 0 Å². The molecule has 178 valence electrons. The monoisotopic (exact) mass is 475 g/mol. The average molecular weight is 476 g/mol. The Hall–Kier alpha value is -2.93. The number of carbonyl (C=O) groups excluding carboxylic acids is 1. The van der Waals surface area contributed by atoms with Gasteiger partial charge >= 0.3 is 0 Å². The Morgan fingerprint density at radius 2 is 1.76 bits per heavy atom. The SMILES string of the molecule is CCC(CC)C1=NN2C(=N)/C(=C\c3cc(C)n(-c4ccc([C@@H](C)CC)cc4)c3C)C(=O)N=C2S1. The molecule has 4 rings (SSSR count). The molecule has 6 nitrogen and oxygen atoms in total.